The Labute approximate surface area is 230 Å². The molecule has 0 bridgehead atoms. The number of aromatic hydroxyl groups is 2. The van der Waals surface area contributed by atoms with Gasteiger partial charge >= 0.3 is 0 Å². The van der Waals surface area contributed by atoms with E-state index in [-0.39, 0.29) is 35.0 Å². The SMILES string of the molecule is Cc1cc(NC(=O)CSCC(=O)N(c2ccccc2)[C@@H](C(=O)N[C@@H]2C=CCCC2)c2ccc(O)c(O)c2)no1. The molecule has 4 N–H and O–H groups in total. The van der Waals surface area contributed by atoms with E-state index >= 15 is 0 Å². The number of benzene rings is 2. The van der Waals surface area contributed by atoms with Crippen molar-refractivity contribution in [2.45, 2.75) is 38.3 Å². The lowest BCUT2D eigenvalue weighted by atomic mass is 9.99. The average molecular weight is 551 g/mol. The van der Waals surface area contributed by atoms with Crippen LogP contribution < -0.4 is 15.5 Å². The molecule has 0 saturated heterocycles. The van der Waals surface area contributed by atoms with Crippen molar-refractivity contribution in [2.24, 2.45) is 0 Å². The van der Waals surface area contributed by atoms with Crippen LogP contribution >= 0.6 is 11.8 Å². The van der Waals surface area contributed by atoms with Gasteiger partial charge in [-0.1, -0.05) is 41.6 Å². The molecule has 0 radical (unpaired) electrons. The number of thioether (sulfide) groups is 1. The fourth-order valence-corrected chi connectivity index (χ4v) is 4.93. The highest BCUT2D eigenvalue weighted by Crippen LogP contribution is 2.34. The fraction of sp³-hybridized carbons (Fsp3) is 0.286. The summed E-state index contributed by atoms with van der Waals surface area (Å²) in [7, 11) is 0. The molecule has 1 aliphatic carbocycles. The third-order valence-electron chi connectivity index (χ3n) is 6.06. The number of phenols is 2. The monoisotopic (exact) mass is 550 g/mol. The predicted molar refractivity (Wildman–Crippen MR) is 149 cm³/mol. The Morgan fingerprint density at radius 2 is 1.90 bits per heavy atom. The summed E-state index contributed by atoms with van der Waals surface area (Å²) >= 11 is 1.09. The molecular weight excluding hydrogens is 520 g/mol. The van der Waals surface area contributed by atoms with E-state index in [4.69, 9.17) is 4.52 Å². The quantitative estimate of drug-likeness (QED) is 0.218. The minimum absolute atomic E-state index is 0.0238. The van der Waals surface area contributed by atoms with Gasteiger partial charge in [0.25, 0.3) is 0 Å². The van der Waals surface area contributed by atoms with Crippen molar-refractivity contribution in [1.29, 1.82) is 0 Å². The number of hydrogen-bond donors (Lipinski definition) is 4. The van der Waals surface area contributed by atoms with Gasteiger partial charge in [-0.3, -0.25) is 19.3 Å². The molecule has 39 heavy (non-hydrogen) atoms. The molecule has 1 aliphatic rings. The highest BCUT2D eigenvalue weighted by Gasteiger charge is 2.34. The Balaban J connectivity index is 1.58. The van der Waals surface area contributed by atoms with Gasteiger partial charge in [0.05, 0.1) is 11.5 Å². The first-order valence-electron chi connectivity index (χ1n) is 12.5. The summed E-state index contributed by atoms with van der Waals surface area (Å²) in [4.78, 5) is 41.1. The number of hydrogen-bond acceptors (Lipinski definition) is 8. The Morgan fingerprint density at radius 3 is 2.56 bits per heavy atom. The number of carbonyl (C=O) groups is 3. The van der Waals surface area contributed by atoms with Crippen LogP contribution in [0, 0.1) is 6.92 Å². The van der Waals surface area contributed by atoms with Crippen LogP contribution in [0.1, 0.15) is 36.6 Å². The molecule has 4 rings (SSSR count). The maximum atomic E-state index is 13.7. The van der Waals surface area contributed by atoms with Gasteiger partial charge in [0.1, 0.15) is 11.8 Å². The third-order valence-corrected chi connectivity index (χ3v) is 6.98. The molecule has 1 aromatic heterocycles. The topological polar surface area (TPSA) is 145 Å². The van der Waals surface area contributed by atoms with Crippen LogP contribution in [0.2, 0.25) is 0 Å². The van der Waals surface area contributed by atoms with Gasteiger partial charge in [0, 0.05) is 17.8 Å². The van der Waals surface area contributed by atoms with E-state index in [1.807, 2.05) is 12.2 Å². The first-order valence-corrected chi connectivity index (χ1v) is 13.6. The van der Waals surface area contributed by atoms with Crippen LogP contribution in [-0.2, 0) is 14.4 Å². The molecule has 2 aromatic carbocycles. The summed E-state index contributed by atoms with van der Waals surface area (Å²) in [5.74, 6) is -1.22. The van der Waals surface area contributed by atoms with Crippen molar-refractivity contribution in [2.75, 3.05) is 21.7 Å². The summed E-state index contributed by atoms with van der Waals surface area (Å²) in [5.41, 5.74) is 0.793. The second-order valence-electron chi connectivity index (χ2n) is 9.09. The van der Waals surface area contributed by atoms with E-state index in [1.54, 1.807) is 43.3 Å². The van der Waals surface area contributed by atoms with Crippen molar-refractivity contribution in [3.05, 3.63) is 78.1 Å². The van der Waals surface area contributed by atoms with Crippen LogP contribution in [0.3, 0.4) is 0 Å². The molecule has 0 aliphatic heterocycles. The first-order chi connectivity index (χ1) is 18.8. The van der Waals surface area contributed by atoms with Gasteiger partial charge in [-0.05, 0) is 56.0 Å². The summed E-state index contributed by atoms with van der Waals surface area (Å²) < 4.78 is 4.94. The highest BCUT2D eigenvalue weighted by molar-refractivity contribution is 8.00. The zero-order valence-electron chi connectivity index (χ0n) is 21.4. The number of aromatic nitrogens is 1. The second kappa shape index (κ2) is 13.0. The normalized spacial score (nSPS) is 15.4. The molecule has 11 heteroatoms. The van der Waals surface area contributed by atoms with Crippen molar-refractivity contribution in [3.63, 3.8) is 0 Å². The van der Waals surface area contributed by atoms with Gasteiger partial charge in [-0.2, -0.15) is 0 Å². The largest absolute Gasteiger partial charge is 0.504 e. The van der Waals surface area contributed by atoms with E-state index in [0.29, 0.717) is 17.0 Å². The van der Waals surface area contributed by atoms with E-state index < -0.39 is 23.6 Å². The van der Waals surface area contributed by atoms with E-state index in [9.17, 15) is 24.6 Å². The van der Waals surface area contributed by atoms with Gasteiger partial charge in [0.15, 0.2) is 17.3 Å². The van der Waals surface area contributed by atoms with E-state index in [2.05, 4.69) is 15.8 Å². The molecule has 204 valence electrons. The number of carbonyl (C=O) groups excluding carboxylic acids is 3. The molecule has 2 atom stereocenters. The second-order valence-corrected chi connectivity index (χ2v) is 10.1. The summed E-state index contributed by atoms with van der Waals surface area (Å²) in [5, 5.41) is 29.4. The number of allylic oxidation sites excluding steroid dienone is 1. The molecule has 0 unspecified atom stereocenters. The van der Waals surface area contributed by atoms with Crippen LogP contribution in [0.15, 0.2) is 71.3 Å². The van der Waals surface area contributed by atoms with E-state index in [1.165, 1.54) is 23.1 Å². The highest BCUT2D eigenvalue weighted by atomic mass is 32.2. The molecule has 0 spiro atoms. The molecule has 0 saturated carbocycles. The zero-order valence-corrected chi connectivity index (χ0v) is 22.2. The van der Waals surface area contributed by atoms with Crippen molar-refractivity contribution < 1.29 is 29.1 Å². The lowest BCUT2D eigenvalue weighted by Crippen LogP contribution is -2.47. The van der Waals surface area contributed by atoms with Crippen LogP contribution in [0.25, 0.3) is 0 Å². The molecular formula is C28H30N4O6S. The minimum Gasteiger partial charge on any atom is -0.504 e. The van der Waals surface area contributed by atoms with Crippen LogP contribution in [0.5, 0.6) is 11.5 Å². The third kappa shape index (κ3) is 7.41. The number of rotatable bonds is 10. The Hall–Kier alpha value is -4.25. The Kier molecular flexibility index (Phi) is 9.27. The number of nitrogens with zero attached hydrogens (tertiary/aromatic N) is 2. The first kappa shape index (κ1) is 27.8. The molecule has 3 aromatic rings. The number of para-hydroxylation sites is 1. The minimum atomic E-state index is -1.14. The number of aryl methyl sites for hydroxylation is 1. The van der Waals surface area contributed by atoms with Crippen molar-refractivity contribution >= 4 is 41.0 Å². The summed E-state index contributed by atoms with van der Waals surface area (Å²) in [6.07, 6.45) is 6.59. The van der Waals surface area contributed by atoms with Gasteiger partial charge in [0.2, 0.25) is 17.7 Å². The maximum Gasteiger partial charge on any atom is 0.248 e. The molecule has 1 heterocycles. The van der Waals surface area contributed by atoms with Gasteiger partial charge in [-0.25, -0.2) is 0 Å². The van der Waals surface area contributed by atoms with Gasteiger partial charge < -0.3 is 25.4 Å². The van der Waals surface area contributed by atoms with Crippen molar-refractivity contribution in [1.82, 2.24) is 10.5 Å². The number of nitrogens with one attached hydrogen (secondary N) is 2. The molecule has 0 fully saturated rings. The van der Waals surface area contributed by atoms with Crippen LogP contribution in [0.4, 0.5) is 11.5 Å². The summed E-state index contributed by atoms with van der Waals surface area (Å²) in [6.45, 7) is 1.71. The van der Waals surface area contributed by atoms with Gasteiger partial charge in [-0.15, -0.1) is 11.8 Å². The Bertz CT molecular complexity index is 1340. The Morgan fingerprint density at radius 1 is 1.10 bits per heavy atom. The maximum absolute atomic E-state index is 13.7. The predicted octanol–water partition coefficient (Wildman–Crippen LogP) is 4.07. The lowest BCUT2D eigenvalue weighted by molar-refractivity contribution is -0.126. The van der Waals surface area contributed by atoms with Crippen LogP contribution in [-0.4, -0.2) is 50.6 Å². The number of anilines is 2. The summed E-state index contributed by atoms with van der Waals surface area (Å²) in [6, 6.07) is 13.0. The number of phenolic OH excluding ortho intramolecular Hbond substituents is 2. The fourth-order valence-electron chi connectivity index (χ4n) is 4.25. The molecule has 3 amide bonds. The average Bonchev–Trinajstić information content (AvgIpc) is 3.33. The zero-order chi connectivity index (χ0) is 27.8. The standard InChI is InChI=1S/C28H30N4O6S/c1-18-14-24(31-38-18)30-25(35)16-39-17-26(36)32(21-10-6-3-7-11-21)27(19-12-13-22(33)23(34)15-19)28(37)29-20-8-4-2-5-9-20/h3-4,6-8,10-15,20,27,33-34H,2,5,9,16-17H2,1H3,(H,29,37)(H,30,31,35)/t20-,27-/m1/s1. The molecule has 10 nitrogen and oxygen atoms in total. The van der Waals surface area contributed by atoms with E-state index in [0.717, 1.165) is 31.0 Å². The number of amides is 3. The van der Waals surface area contributed by atoms with Crippen molar-refractivity contribution in [3.8, 4) is 11.5 Å². The smallest absolute Gasteiger partial charge is 0.248 e. The lowest BCUT2D eigenvalue weighted by Gasteiger charge is -2.33.